The Bertz CT molecular complexity index is 416. The van der Waals surface area contributed by atoms with E-state index in [1.807, 2.05) is 11.8 Å². The third-order valence-corrected chi connectivity index (χ3v) is 4.72. The van der Waals surface area contributed by atoms with Crippen LogP contribution in [0.4, 0.5) is 11.6 Å². The average Bonchev–Trinajstić information content (AvgIpc) is 2.46. The van der Waals surface area contributed by atoms with Crippen molar-refractivity contribution in [3.8, 4) is 0 Å². The second kappa shape index (κ2) is 7.72. The number of nitrogens with one attached hydrogen (secondary N) is 2. The molecule has 0 amide bonds. The molecule has 0 aliphatic carbocycles. The lowest BCUT2D eigenvalue weighted by atomic mass is 10.0. The summed E-state index contributed by atoms with van der Waals surface area (Å²) in [7, 11) is 0. The molecule has 2 rings (SSSR count). The molecular weight excluding hydrogens is 268 g/mol. The largest absolute Gasteiger partial charge is 0.370 e. The molecule has 1 atom stereocenters. The first-order chi connectivity index (χ1) is 9.72. The van der Waals surface area contributed by atoms with E-state index in [0.717, 1.165) is 24.6 Å². The van der Waals surface area contributed by atoms with Crippen molar-refractivity contribution >= 4 is 23.4 Å². The van der Waals surface area contributed by atoms with Crippen LogP contribution in [0.2, 0.25) is 0 Å². The Morgan fingerprint density at radius 2 is 2.15 bits per heavy atom. The van der Waals surface area contributed by atoms with Crippen molar-refractivity contribution in [3.63, 3.8) is 0 Å². The second-order valence-corrected chi connectivity index (χ2v) is 6.77. The van der Waals surface area contributed by atoms with Gasteiger partial charge in [-0.25, -0.2) is 9.97 Å². The molecule has 2 N–H and O–H groups in total. The zero-order valence-electron chi connectivity index (χ0n) is 12.8. The Morgan fingerprint density at radius 1 is 1.35 bits per heavy atom. The third kappa shape index (κ3) is 4.01. The van der Waals surface area contributed by atoms with E-state index in [0.29, 0.717) is 12.0 Å². The predicted molar refractivity (Wildman–Crippen MR) is 88.9 cm³/mol. The van der Waals surface area contributed by atoms with Crippen molar-refractivity contribution in [2.45, 2.75) is 52.0 Å². The summed E-state index contributed by atoms with van der Waals surface area (Å²) < 4.78 is 0. The highest BCUT2D eigenvalue weighted by Crippen LogP contribution is 2.30. The molecule has 1 fully saturated rings. The first-order valence-electron chi connectivity index (χ1n) is 7.65. The summed E-state index contributed by atoms with van der Waals surface area (Å²) in [6.07, 6.45) is 5.31. The van der Waals surface area contributed by atoms with Gasteiger partial charge in [0.1, 0.15) is 18.0 Å². The van der Waals surface area contributed by atoms with Crippen molar-refractivity contribution in [2.24, 2.45) is 0 Å². The number of rotatable bonds is 6. The monoisotopic (exact) mass is 294 g/mol. The van der Waals surface area contributed by atoms with E-state index in [2.05, 4.69) is 41.4 Å². The molecule has 4 nitrogen and oxygen atoms in total. The van der Waals surface area contributed by atoms with Gasteiger partial charge in [0.25, 0.3) is 0 Å². The fourth-order valence-corrected chi connectivity index (χ4v) is 3.56. The average molecular weight is 294 g/mol. The smallest absolute Gasteiger partial charge is 0.135 e. The van der Waals surface area contributed by atoms with Crippen LogP contribution in [0.15, 0.2) is 6.33 Å². The molecule has 0 bridgehead atoms. The fraction of sp³-hybridized carbons (Fsp3) is 0.733. The minimum absolute atomic E-state index is 0.411. The van der Waals surface area contributed by atoms with Gasteiger partial charge in [-0.1, -0.05) is 20.8 Å². The molecule has 0 spiro atoms. The summed E-state index contributed by atoms with van der Waals surface area (Å²) in [6.45, 7) is 7.53. The zero-order chi connectivity index (χ0) is 14.4. The predicted octanol–water partition coefficient (Wildman–Crippen LogP) is 3.73. The first-order valence-corrected chi connectivity index (χ1v) is 8.80. The van der Waals surface area contributed by atoms with E-state index in [9.17, 15) is 0 Å². The summed E-state index contributed by atoms with van der Waals surface area (Å²) >= 11 is 2.03. The van der Waals surface area contributed by atoms with Gasteiger partial charge in [-0.05, 0) is 30.9 Å². The van der Waals surface area contributed by atoms with Gasteiger partial charge < -0.3 is 10.6 Å². The fourth-order valence-electron chi connectivity index (χ4n) is 2.49. The molecule has 0 radical (unpaired) electrons. The molecule has 1 aromatic heterocycles. The van der Waals surface area contributed by atoms with Crippen molar-refractivity contribution in [1.82, 2.24) is 9.97 Å². The third-order valence-electron chi connectivity index (χ3n) is 3.50. The van der Waals surface area contributed by atoms with Crippen molar-refractivity contribution in [1.29, 1.82) is 0 Å². The van der Waals surface area contributed by atoms with E-state index < -0.39 is 0 Å². The maximum atomic E-state index is 4.49. The highest BCUT2D eigenvalue weighted by molar-refractivity contribution is 7.99. The van der Waals surface area contributed by atoms with Crippen LogP contribution in [0.5, 0.6) is 0 Å². The molecule has 5 heteroatoms. The number of thioether (sulfide) groups is 1. The van der Waals surface area contributed by atoms with Crippen LogP contribution in [0.3, 0.4) is 0 Å². The number of aromatic nitrogens is 2. The van der Waals surface area contributed by atoms with Crippen LogP contribution in [-0.2, 0) is 0 Å². The molecule has 1 saturated heterocycles. The standard InChI is InChI=1S/C15H26N4S/c1-4-7-16-14-13(11(2)3)15(18-10-17-14)19-12-6-5-8-20-9-12/h10-12H,4-9H2,1-3H3,(H2,16,17,18,19). The molecule has 1 aliphatic rings. The van der Waals surface area contributed by atoms with E-state index in [1.165, 1.54) is 29.9 Å². The maximum absolute atomic E-state index is 4.49. The lowest BCUT2D eigenvalue weighted by Crippen LogP contribution is -2.27. The molecule has 2 heterocycles. The lowest BCUT2D eigenvalue weighted by Gasteiger charge is -2.25. The summed E-state index contributed by atoms with van der Waals surface area (Å²) in [5, 5.41) is 7.06. The van der Waals surface area contributed by atoms with Gasteiger partial charge >= 0.3 is 0 Å². The number of hydrogen-bond donors (Lipinski definition) is 2. The van der Waals surface area contributed by atoms with Crippen LogP contribution < -0.4 is 10.6 Å². The molecule has 20 heavy (non-hydrogen) atoms. The molecule has 0 aromatic carbocycles. The van der Waals surface area contributed by atoms with E-state index in [4.69, 9.17) is 0 Å². The van der Waals surface area contributed by atoms with Crippen molar-refractivity contribution in [2.75, 3.05) is 28.7 Å². The Hall–Kier alpha value is -0.970. The van der Waals surface area contributed by atoms with Crippen LogP contribution in [-0.4, -0.2) is 34.1 Å². The van der Waals surface area contributed by atoms with Gasteiger partial charge in [0.05, 0.1) is 0 Å². The summed E-state index contributed by atoms with van der Waals surface area (Å²) in [5.41, 5.74) is 1.22. The molecule has 1 aromatic rings. The molecule has 0 saturated carbocycles. The minimum atomic E-state index is 0.411. The molecule has 112 valence electrons. The van der Waals surface area contributed by atoms with Crippen molar-refractivity contribution < 1.29 is 0 Å². The normalized spacial score (nSPS) is 19.1. The van der Waals surface area contributed by atoms with Gasteiger partial charge in [0.15, 0.2) is 0 Å². The highest BCUT2D eigenvalue weighted by atomic mass is 32.2. The van der Waals surface area contributed by atoms with E-state index in [1.54, 1.807) is 6.33 Å². The van der Waals surface area contributed by atoms with Gasteiger partial charge in [-0.15, -0.1) is 0 Å². The Morgan fingerprint density at radius 3 is 2.80 bits per heavy atom. The zero-order valence-corrected chi connectivity index (χ0v) is 13.6. The van der Waals surface area contributed by atoms with Crippen LogP contribution in [0.1, 0.15) is 51.5 Å². The van der Waals surface area contributed by atoms with Crippen LogP contribution >= 0.6 is 11.8 Å². The van der Waals surface area contributed by atoms with E-state index >= 15 is 0 Å². The summed E-state index contributed by atoms with van der Waals surface area (Å²) in [6, 6.07) is 0.542. The summed E-state index contributed by atoms with van der Waals surface area (Å²) in [4.78, 5) is 8.92. The van der Waals surface area contributed by atoms with E-state index in [-0.39, 0.29) is 0 Å². The van der Waals surface area contributed by atoms with Gasteiger partial charge in [0, 0.05) is 23.9 Å². The second-order valence-electron chi connectivity index (χ2n) is 5.62. The number of hydrogen-bond acceptors (Lipinski definition) is 5. The Labute approximate surface area is 126 Å². The van der Waals surface area contributed by atoms with Gasteiger partial charge in [-0.3, -0.25) is 0 Å². The Balaban J connectivity index is 2.17. The summed E-state index contributed by atoms with van der Waals surface area (Å²) in [5.74, 6) is 4.89. The SMILES string of the molecule is CCCNc1ncnc(NC2CCCSC2)c1C(C)C. The number of anilines is 2. The molecule has 1 unspecified atom stereocenters. The van der Waals surface area contributed by atoms with Gasteiger partial charge in [0.2, 0.25) is 0 Å². The Kier molecular flexibility index (Phi) is 5.95. The lowest BCUT2D eigenvalue weighted by molar-refractivity contribution is 0.678. The van der Waals surface area contributed by atoms with Crippen molar-refractivity contribution in [3.05, 3.63) is 11.9 Å². The van der Waals surface area contributed by atoms with Crippen LogP contribution in [0.25, 0.3) is 0 Å². The van der Waals surface area contributed by atoms with Crippen LogP contribution in [0, 0.1) is 0 Å². The molecule has 1 aliphatic heterocycles. The maximum Gasteiger partial charge on any atom is 0.135 e. The topological polar surface area (TPSA) is 49.8 Å². The number of nitrogens with zero attached hydrogens (tertiary/aromatic N) is 2. The quantitative estimate of drug-likeness (QED) is 0.837. The molecular formula is C15H26N4S. The minimum Gasteiger partial charge on any atom is -0.370 e. The highest BCUT2D eigenvalue weighted by Gasteiger charge is 2.19. The first kappa shape index (κ1) is 15.4. The van der Waals surface area contributed by atoms with Gasteiger partial charge in [-0.2, -0.15) is 11.8 Å².